The van der Waals surface area contributed by atoms with E-state index in [1.165, 1.54) is 25.3 Å². The number of furan rings is 1. The van der Waals surface area contributed by atoms with Crippen molar-refractivity contribution in [3.63, 3.8) is 0 Å². The number of carbonyl (C=O) groups excluding carboxylic acids is 1. The standard InChI is InChI=1S/C33H32N2O4/c1-20(36)34-28-6-3-2-5-26(28)22-9-12-27-31(17-22)39-30-8-4-7-29(37)33(30)32(27)23-15-24-10-11-25(16-23)35(24)18-21-13-14-38-19-21/h2-9,12-14,17,19,23-25,32,37H,10-11,15-16,18H2,1H3,(H,34,36). The number of piperidine rings is 1. The molecule has 0 radical (unpaired) electrons. The molecule has 3 atom stereocenters. The Morgan fingerprint density at radius 1 is 1.00 bits per heavy atom. The van der Waals surface area contributed by atoms with Crippen LogP contribution in [-0.2, 0) is 11.3 Å². The van der Waals surface area contributed by atoms with Crippen molar-refractivity contribution in [3.8, 4) is 28.4 Å². The van der Waals surface area contributed by atoms with Crippen LogP contribution in [0.4, 0.5) is 5.69 Å². The van der Waals surface area contributed by atoms with Gasteiger partial charge in [0.05, 0.1) is 12.5 Å². The normalized spacial score (nSPS) is 23.5. The summed E-state index contributed by atoms with van der Waals surface area (Å²) in [7, 11) is 0. The summed E-state index contributed by atoms with van der Waals surface area (Å²) in [5.41, 5.74) is 5.97. The number of phenols is 1. The molecule has 0 saturated carbocycles. The molecule has 3 aromatic carbocycles. The molecule has 3 unspecified atom stereocenters. The lowest BCUT2D eigenvalue weighted by atomic mass is 9.72. The third-order valence-corrected chi connectivity index (χ3v) is 8.81. The van der Waals surface area contributed by atoms with E-state index in [0.717, 1.165) is 58.8 Å². The van der Waals surface area contributed by atoms with Gasteiger partial charge in [0, 0.05) is 59.4 Å². The van der Waals surface area contributed by atoms with Crippen molar-refractivity contribution < 1.29 is 19.1 Å². The average Bonchev–Trinajstić information content (AvgIpc) is 3.52. The number of para-hydroxylation sites is 1. The number of rotatable bonds is 5. The number of carbonyl (C=O) groups is 1. The Morgan fingerprint density at radius 3 is 2.59 bits per heavy atom. The molecule has 3 aliphatic heterocycles. The fourth-order valence-electron chi connectivity index (χ4n) is 7.22. The zero-order valence-electron chi connectivity index (χ0n) is 22.0. The Morgan fingerprint density at radius 2 is 1.82 bits per heavy atom. The molecule has 4 heterocycles. The van der Waals surface area contributed by atoms with E-state index in [4.69, 9.17) is 9.15 Å². The molecule has 7 rings (SSSR count). The van der Waals surface area contributed by atoms with Crippen molar-refractivity contribution >= 4 is 11.6 Å². The molecule has 198 valence electrons. The van der Waals surface area contributed by atoms with Gasteiger partial charge in [-0.2, -0.15) is 0 Å². The van der Waals surface area contributed by atoms with Gasteiger partial charge in [0.1, 0.15) is 17.2 Å². The van der Waals surface area contributed by atoms with Crippen LogP contribution in [0.25, 0.3) is 11.1 Å². The summed E-state index contributed by atoms with van der Waals surface area (Å²) in [5.74, 6) is 2.21. The predicted molar refractivity (Wildman–Crippen MR) is 150 cm³/mol. The van der Waals surface area contributed by atoms with Crippen LogP contribution in [0.3, 0.4) is 0 Å². The van der Waals surface area contributed by atoms with Gasteiger partial charge in [-0.25, -0.2) is 0 Å². The first-order valence-electron chi connectivity index (χ1n) is 13.8. The van der Waals surface area contributed by atoms with Gasteiger partial charge in [0.25, 0.3) is 0 Å². The number of benzene rings is 3. The molecule has 0 aliphatic carbocycles. The first-order chi connectivity index (χ1) is 19.0. The van der Waals surface area contributed by atoms with Gasteiger partial charge < -0.3 is 19.6 Å². The highest BCUT2D eigenvalue weighted by molar-refractivity contribution is 5.94. The zero-order chi connectivity index (χ0) is 26.5. The van der Waals surface area contributed by atoms with Gasteiger partial charge in [-0.05, 0) is 67.5 Å². The molecule has 3 aliphatic rings. The Balaban J connectivity index is 1.25. The van der Waals surface area contributed by atoms with Crippen LogP contribution in [0, 0.1) is 5.92 Å². The number of anilines is 1. The van der Waals surface area contributed by atoms with E-state index >= 15 is 0 Å². The van der Waals surface area contributed by atoms with Gasteiger partial charge in [-0.1, -0.05) is 36.4 Å². The Labute approximate surface area is 228 Å². The number of nitrogens with one attached hydrogen (secondary N) is 1. The maximum absolute atomic E-state index is 11.8. The molecule has 6 heteroatoms. The molecule has 2 N–H and O–H groups in total. The zero-order valence-corrected chi connectivity index (χ0v) is 22.0. The summed E-state index contributed by atoms with van der Waals surface area (Å²) in [4.78, 5) is 14.5. The van der Waals surface area contributed by atoms with E-state index in [1.807, 2.05) is 42.7 Å². The Hall–Kier alpha value is -4.03. The van der Waals surface area contributed by atoms with E-state index in [0.29, 0.717) is 23.8 Å². The molecule has 2 saturated heterocycles. The molecule has 0 spiro atoms. The van der Waals surface area contributed by atoms with E-state index in [-0.39, 0.29) is 11.8 Å². The Bertz CT molecular complexity index is 1510. The van der Waals surface area contributed by atoms with Crippen molar-refractivity contribution in [3.05, 3.63) is 95.9 Å². The smallest absolute Gasteiger partial charge is 0.221 e. The van der Waals surface area contributed by atoms with Crippen LogP contribution in [0.2, 0.25) is 0 Å². The minimum absolute atomic E-state index is 0.0590. The van der Waals surface area contributed by atoms with Gasteiger partial charge in [0.2, 0.25) is 5.91 Å². The molecule has 2 fully saturated rings. The topological polar surface area (TPSA) is 74.9 Å². The lowest BCUT2D eigenvalue weighted by Gasteiger charge is -2.43. The molecule has 1 amide bonds. The van der Waals surface area contributed by atoms with Crippen LogP contribution in [0.15, 0.2) is 83.7 Å². The van der Waals surface area contributed by atoms with Crippen LogP contribution < -0.4 is 10.1 Å². The van der Waals surface area contributed by atoms with Crippen molar-refractivity contribution in [2.45, 2.75) is 57.2 Å². The second-order valence-corrected chi connectivity index (χ2v) is 11.2. The van der Waals surface area contributed by atoms with E-state index < -0.39 is 0 Å². The van der Waals surface area contributed by atoms with Crippen LogP contribution in [0.1, 0.15) is 55.2 Å². The second kappa shape index (κ2) is 9.62. The van der Waals surface area contributed by atoms with Crippen molar-refractivity contribution in [1.82, 2.24) is 4.90 Å². The van der Waals surface area contributed by atoms with Gasteiger partial charge >= 0.3 is 0 Å². The van der Waals surface area contributed by atoms with Gasteiger partial charge in [-0.15, -0.1) is 0 Å². The lowest BCUT2D eigenvalue weighted by Crippen LogP contribution is -2.43. The minimum atomic E-state index is -0.102. The summed E-state index contributed by atoms with van der Waals surface area (Å²) in [6.07, 6.45) is 8.20. The number of hydrogen-bond donors (Lipinski definition) is 2. The van der Waals surface area contributed by atoms with Gasteiger partial charge in [0.15, 0.2) is 0 Å². The van der Waals surface area contributed by atoms with Gasteiger partial charge in [-0.3, -0.25) is 9.69 Å². The SMILES string of the molecule is CC(=O)Nc1ccccc1-c1ccc2c(c1)Oc1cccc(O)c1C2C1CC2CCC(C1)N2Cc1ccoc1. The first-order valence-corrected chi connectivity index (χ1v) is 13.8. The number of phenolic OH excluding ortho intramolecular Hbond substituents is 1. The number of nitrogens with zero attached hydrogens (tertiary/aromatic N) is 1. The van der Waals surface area contributed by atoms with E-state index in [9.17, 15) is 9.90 Å². The molecule has 2 bridgehead atoms. The number of hydrogen-bond acceptors (Lipinski definition) is 5. The number of amides is 1. The van der Waals surface area contributed by atoms with Crippen molar-refractivity contribution in [2.24, 2.45) is 5.92 Å². The number of aromatic hydroxyl groups is 1. The fraction of sp³-hybridized carbons (Fsp3) is 0.303. The third-order valence-electron chi connectivity index (χ3n) is 8.81. The first kappa shape index (κ1) is 24.0. The lowest BCUT2D eigenvalue weighted by molar-refractivity contribution is -0.114. The maximum Gasteiger partial charge on any atom is 0.221 e. The molecule has 1 aromatic heterocycles. The van der Waals surface area contributed by atoms with E-state index in [2.05, 4.69) is 34.5 Å². The fourth-order valence-corrected chi connectivity index (χ4v) is 7.22. The van der Waals surface area contributed by atoms with Crippen molar-refractivity contribution in [2.75, 3.05) is 5.32 Å². The minimum Gasteiger partial charge on any atom is -0.508 e. The summed E-state index contributed by atoms with van der Waals surface area (Å²) in [5, 5.41) is 14.0. The Kier molecular flexibility index (Phi) is 5.93. The number of ether oxygens (including phenoxy) is 1. The molecular weight excluding hydrogens is 488 g/mol. The highest BCUT2D eigenvalue weighted by Gasteiger charge is 2.46. The maximum atomic E-state index is 11.8. The third kappa shape index (κ3) is 4.29. The predicted octanol–water partition coefficient (Wildman–Crippen LogP) is 7.29. The summed E-state index contributed by atoms with van der Waals surface area (Å²) < 4.78 is 11.8. The van der Waals surface area contributed by atoms with E-state index in [1.54, 1.807) is 12.3 Å². The quantitative estimate of drug-likeness (QED) is 0.289. The highest BCUT2D eigenvalue weighted by Crippen LogP contribution is 2.56. The summed E-state index contributed by atoms with van der Waals surface area (Å²) in [6.45, 7) is 2.45. The average molecular weight is 521 g/mol. The molecule has 39 heavy (non-hydrogen) atoms. The molecule has 6 nitrogen and oxygen atoms in total. The molecular formula is C33H32N2O4. The summed E-state index contributed by atoms with van der Waals surface area (Å²) in [6, 6.07) is 22.9. The largest absolute Gasteiger partial charge is 0.508 e. The number of fused-ring (bicyclic) bond motifs is 4. The summed E-state index contributed by atoms with van der Waals surface area (Å²) >= 11 is 0. The van der Waals surface area contributed by atoms with Crippen LogP contribution in [-0.4, -0.2) is 28.0 Å². The van der Waals surface area contributed by atoms with Crippen LogP contribution >= 0.6 is 0 Å². The monoisotopic (exact) mass is 520 g/mol. The van der Waals surface area contributed by atoms with Crippen LogP contribution in [0.5, 0.6) is 17.2 Å². The molecule has 4 aromatic rings. The van der Waals surface area contributed by atoms with Crippen molar-refractivity contribution in [1.29, 1.82) is 0 Å². The second-order valence-electron chi connectivity index (χ2n) is 11.2. The highest BCUT2D eigenvalue weighted by atomic mass is 16.5.